The molecule has 1 rings (SSSR count). The van der Waals surface area contributed by atoms with Gasteiger partial charge in [0.05, 0.1) is 6.54 Å². The first kappa shape index (κ1) is 13.3. The second-order valence-electron chi connectivity index (χ2n) is 3.72. The summed E-state index contributed by atoms with van der Waals surface area (Å²) < 4.78 is 0. The van der Waals surface area contributed by atoms with Gasteiger partial charge in [-0.3, -0.25) is 4.79 Å². The molecule has 0 radical (unpaired) electrons. The number of likely N-dealkylation sites (N-methyl/N-ethyl adjacent to an activating group) is 1. The molecule has 1 aromatic carbocycles. The van der Waals surface area contributed by atoms with Crippen LogP contribution in [-0.4, -0.2) is 35.4 Å². The maximum absolute atomic E-state index is 12.0. The molecule has 0 spiro atoms. The van der Waals surface area contributed by atoms with E-state index in [9.17, 15) is 4.79 Å². The van der Waals surface area contributed by atoms with Crippen LogP contribution in [0.1, 0.15) is 15.9 Å². The predicted molar refractivity (Wildman–Crippen MR) is 66.6 cm³/mol. The van der Waals surface area contributed by atoms with Crippen LogP contribution >= 0.6 is 11.6 Å². The first-order valence-electron chi connectivity index (χ1n) is 4.93. The predicted octanol–water partition coefficient (Wildman–Crippen LogP) is 1.47. The minimum absolute atomic E-state index is 0.0217. The van der Waals surface area contributed by atoms with Gasteiger partial charge in [-0.2, -0.15) is 0 Å². The summed E-state index contributed by atoms with van der Waals surface area (Å²) in [5.41, 5.74) is 6.67. The molecule has 0 aromatic heterocycles. The van der Waals surface area contributed by atoms with Crippen LogP contribution in [0.2, 0.25) is 5.02 Å². The molecule has 0 unspecified atom stereocenters. The molecule has 1 amide bonds. The number of rotatable bonds is 3. The smallest absolute Gasteiger partial charge is 0.254 e. The Hall–Kier alpha value is -1.75. The van der Waals surface area contributed by atoms with Gasteiger partial charge in [0.15, 0.2) is 5.84 Å². The lowest BCUT2D eigenvalue weighted by Gasteiger charge is -2.16. The number of hydrogen-bond acceptors (Lipinski definition) is 3. The summed E-state index contributed by atoms with van der Waals surface area (Å²) >= 11 is 5.87. The van der Waals surface area contributed by atoms with E-state index in [-0.39, 0.29) is 18.3 Å². The Balaban J connectivity index is 2.85. The summed E-state index contributed by atoms with van der Waals surface area (Å²) in [6.07, 6.45) is 0. The molecule has 0 fully saturated rings. The van der Waals surface area contributed by atoms with Gasteiger partial charge in [-0.1, -0.05) is 16.8 Å². The molecule has 17 heavy (non-hydrogen) atoms. The Morgan fingerprint density at radius 3 is 2.76 bits per heavy atom. The minimum Gasteiger partial charge on any atom is -0.409 e. The van der Waals surface area contributed by atoms with Crippen LogP contribution in [-0.2, 0) is 0 Å². The van der Waals surface area contributed by atoms with E-state index in [4.69, 9.17) is 22.5 Å². The SMILES string of the molecule is Cc1cc(C(=O)N(C)C/C(N)=N/O)ccc1Cl. The second-order valence-corrected chi connectivity index (χ2v) is 4.12. The largest absolute Gasteiger partial charge is 0.409 e. The third kappa shape index (κ3) is 3.35. The van der Waals surface area contributed by atoms with E-state index in [0.29, 0.717) is 10.6 Å². The fourth-order valence-corrected chi connectivity index (χ4v) is 1.46. The number of aryl methyl sites for hydroxylation is 1. The van der Waals surface area contributed by atoms with Gasteiger partial charge in [-0.05, 0) is 30.7 Å². The first-order chi connectivity index (χ1) is 7.95. The zero-order valence-corrected chi connectivity index (χ0v) is 10.4. The van der Waals surface area contributed by atoms with E-state index in [1.54, 1.807) is 25.2 Å². The number of nitrogens with zero attached hydrogens (tertiary/aromatic N) is 2. The Kier molecular flexibility index (Phi) is 4.34. The summed E-state index contributed by atoms with van der Waals surface area (Å²) in [4.78, 5) is 13.3. The number of oxime groups is 1. The molecular formula is C11H14ClN3O2. The lowest BCUT2D eigenvalue weighted by molar-refractivity contribution is 0.0813. The number of amides is 1. The van der Waals surface area contributed by atoms with Crippen molar-refractivity contribution in [2.24, 2.45) is 10.9 Å². The highest BCUT2D eigenvalue weighted by Gasteiger charge is 2.13. The normalized spacial score (nSPS) is 11.4. The highest BCUT2D eigenvalue weighted by Crippen LogP contribution is 2.17. The molecule has 0 heterocycles. The quantitative estimate of drug-likeness (QED) is 0.372. The van der Waals surface area contributed by atoms with Crippen molar-refractivity contribution in [3.63, 3.8) is 0 Å². The van der Waals surface area contributed by atoms with Gasteiger partial charge in [0.2, 0.25) is 0 Å². The van der Waals surface area contributed by atoms with Gasteiger partial charge in [-0.15, -0.1) is 0 Å². The van der Waals surface area contributed by atoms with Crippen LogP contribution < -0.4 is 5.73 Å². The Morgan fingerprint density at radius 1 is 1.59 bits per heavy atom. The van der Waals surface area contributed by atoms with Crippen molar-refractivity contribution >= 4 is 23.3 Å². The fraction of sp³-hybridized carbons (Fsp3) is 0.273. The molecular weight excluding hydrogens is 242 g/mol. The van der Waals surface area contributed by atoms with Crippen molar-refractivity contribution < 1.29 is 10.0 Å². The number of hydrogen-bond donors (Lipinski definition) is 2. The van der Waals surface area contributed by atoms with E-state index in [2.05, 4.69) is 5.16 Å². The topological polar surface area (TPSA) is 78.9 Å². The van der Waals surface area contributed by atoms with Crippen LogP contribution in [0, 0.1) is 6.92 Å². The molecule has 0 saturated heterocycles. The average molecular weight is 256 g/mol. The number of nitrogens with two attached hydrogens (primary N) is 1. The van der Waals surface area contributed by atoms with Gasteiger partial charge in [-0.25, -0.2) is 0 Å². The lowest BCUT2D eigenvalue weighted by atomic mass is 10.1. The maximum Gasteiger partial charge on any atom is 0.254 e. The summed E-state index contributed by atoms with van der Waals surface area (Å²) in [6.45, 7) is 1.89. The molecule has 3 N–H and O–H groups in total. The van der Waals surface area contributed by atoms with E-state index in [1.807, 2.05) is 6.92 Å². The first-order valence-corrected chi connectivity index (χ1v) is 5.31. The van der Waals surface area contributed by atoms with Crippen LogP contribution in [0.5, 0.6) is 0 Å². The summed E-state index contributed by atoms with van der Waals surface area (Å²) in [5, 5.41) is 11.9. The third-order valence-corrected chi connectivity index (χ3v) is 2.70. The highest BCUT2D eigenvalue weighted by molar-refractivity contribution is 6.31. The number of halogens is 1. The second kappa shape index (κ2) is 5.54. The van der Waals surface area contributed by atoms with Gasteiger partial charge >= 0.3 is 0 Å². The Labute approximate surface area is 104 Å². The molecule has 5 nitrogen and oxygen atoms in total. The number of carbonyl (C=O) groups is 1. The van der Waals surface area contributed by atoms with Crippen molar-refractivity contribution in [1.82, 2.24) is 4.90 Å². The molecule has 0 saturated carbocycles. The number of amidine groups is 1. The van der Waals surface area contributed by atoms with Crippen molar-refractivity contribution in [2.45, 2.75) is 6.92 Å². The van der Waals surface area contributed by atoms with Crippen molar-refractivity contribution in [3.8, 4) is 0 Å². The monoisotopic (exact) mass is 255 g/mol. The summed E-state index contributed by atoms with van der Waals surface area (Å²) in [7, 11) is 1.57. The Morgan fingerprint density at radius 2 is 2.24 bits per heavy atom. The lowest BCUT2D eigenvalue weighted by Crippen LogP contribution is -2.35. The molecule has 0 atom stereocenters. The van der Waals surface area contributed by atoms with Gasteiger partial charge in [0.25, 0.3) is 5.91 Å². The molecule has 0 aliphatic carbocycles. The van der Waals surface area contributed by atoms with Gasteiger partial charge in [0, 0.05) is 17.6 Å². The zero-order chi connectivity index (χ0) is 13.0. The van der Waals surface area contributed by atoms with Crippen LogP contribution in [0.4, 0.5) is 0 Å². The van der Waals surface area contributed by atoms with Crippen molar-refractivity contribution in [1.29, 1.82) is 0 Å². The van der Waals surface area contributed by atoms with Crippen LogP contribution in [0.15, 0.2) is 23.4 Å². The maximum atomic E-state index is 12.0. The third-order valence-electron chi connectivity index (χ3n) is 2.28. The van der Waals surface area contributed by atoms with E-state index >= 15 is 0 Å². The average Bonchev–Trinajstić information content (AvgIpc) is 2.31. The molecule has 0 aliphatic rings. The fourth-order valence-electron chi connectivity index (χ4n) is 1.34. The molecule has 6 heteroatoms. The van der Waals surface area contributed by atoms with Gasteiger partial charge < -0.3 is 15.8 Å². The van der Waals surface area contributed by atoms with Crippen molar-refractivity contribution in [2.75, 3.05) is 13.6 Å². The zero-order valence-electron chi connectivity index (χ0n) is 9.64. The van der Waals surface area contributed by atoms with Crippen LogP contribution in [0.25, 0.3) is 0 Å². The summed E-state index contributed by atoms with van der Waals surface area (Å²) in [6, 6.07) is 5.01. The molecule has 0 aliphatic heterocycles. The van der Waals surface area contributed by atoms with E-state index in [0.717, 1.165) is 5.56 Å². The Bertz CT molecular complexity index is 460. The standard InChI is InChI=1S/C11H14ClN3O2/c1-7-5-8(3-4-9(7)12)11(16)15(2)6-10(13)14-17/h3-5,17H,6H2,1-2H3,(H2,13,14). The highest BCUT2D eigenvalue weighted by atomic mass is 35.5. The molecule has 0 bridgehead atoms. The molecule has 1 aromatic rings. The molecule has 92 valence electrons. The van der Waals surface area contributed by atoms with Crippen molar-refractivity contribution in [3.05, 3.63) is 34.3 Å². The van der Waals surface area contributed by atoms with E-state index in [1.165, 1.54) is 4.90 Å². The van der Waals surface area contributed by atoms with E-state index < -0.39 is 0 Å². The summed E-state index contributed by atoms with van der Waals surface area (Å²) in [5.74, 6) is -0.233. The number of carbonyl (C=O) groups excluding carboxylic acids is 1. The van der Waals surface area contributed by atoms with Gasteiger partial charge in [0.1, 0.15) is 0 Å². The minimum atomic E-state index is -0.212. The van der Waals surface area contributed by atoms with Crippen LogP contribution in [0.3, 0.4) is 0 Å². The number of benzene rings is 1.